The summed E-state index contributed by atoms with van der Waals surface area (Å²) in [6, 6.07) is 6.18. The molecule has 2 N–H and O–H groups in total. The van der Waals surface area contributed by atoms with E-state index in [4.69, 9.17) is 5.73 Å². The quantitative estimate of drug-likeness (QED) is 0.863. The lowest BCUT2D eigenvalue weighted by molar-refractivity contribution is -0.138. The van der Waals surface area contributed by atoms with Crippen molar-refractivity contribution >= 4 is 11.8 Å². The van der Waals surface area contributed by atoms with Crippen molar-refractivity contribution in [2.75, 3.05) is 20.1 Å². The summed E-state index contributed by atoms with van der Waals surface area (Å²) in [7, 11) is 1.66. The number of likely N-dealkylation sites (N-methyl/N-ethyl adjacent to an activating group) is 1. The number of carbonyl (C=O) groups excluding carboxylic acids is 2. The third-order valence-corrected chi connectivity index (χ3v) is 3.17. The van der Waals surface area contributed by atoms with Crippen LogP contribution in [0.25, 0.3) is 0 Å². The van der Waals surface area contributed by atoms with Crippen LogP contribution in [0.3, 0.4) is 0 Å². The Morgan fingerprint density at radius 3 is 2.36 bits per heavy atom. The van der Waals surface area contributed by atoms with E-state index in [1.165, 1.54) is 12.1 Å². The average Bonchev–Trinajstić information content (AvgIpc) is 2.33. The fourth-order valence-corrected chi connectivity index (χ4v) is 2.16. The van der Waals surface area contributed by atoms with E-state index < -0.39 is 11.4 Å². The Morgan fingerprint density at radius 2 is 1.86 bits per heavy atom. The minimum absolute atomic E-state index is 0.0175. The van der Waals surface area contributed by atoms with Crippen LogP contribution < -0.4 is 5.73 Å². The lowest BCUT2D eigenvalue weighted by atomic mass is 10.0. The van der Waals surface area contributed by atoms with Crippen molar-refractivity contribution in [2.24, 2.45) is 5.73 Å². The summed E-state index contributed by atoms with van der Waals surface area (Å²) in [6.45, 7) is 6.15. The number of benzene rings is 1. The van der Waals surface area contributed by atoms with Gasteiger partial charge in [0, 0.05) is 12.1 Å². The number of nitrogens with two attached hydrogens (primary N) is 1. The number of rotatable bonds is 6. The molecule has 0 atom stereocenters. The molecule has 0 bridgehead atoms. The average molecular weight is 309 g/mol. The summed E-state index contributed by atoms with van der Waals surface area (Å²) >= 11 is 0. The summed E-state index contributed by atoms with van der Waals surface area (Å²) in [5.41, 5.74) is 5.43. The Kier molecular flexibility index (Phi) is 6.05. The number of hydrogen-bond acceptors (Lipinski definition) is 3. The van der Waals surface area contributed by atoms with E-state index in [0.29, 0.717) is 6.54 Å². The van der Waals surface area contributed by atoms with E-state index in [2.05, 4.69) is 0 Å². The summed E-state index contributed by atoms with van der Waals surface area (Å²) in [6.07, 6.45) is 0. The molecule has 6 heteroatoms. The van der Waals surface area contributed by atoms with Crippen LogP contribution in [0, 0.1) is 5.82 Å². The molecule has 1 aromatic carbocycles. The fourth-order valence-electron chi connectivity index (χ4n) is 2.16. The van der Waals surface area contributed by atoms with Gasteiger partial charge in [0.2, 0.25) is 11.8 Å². The normalized spacial score (nSPS) is 11.5. The minimum Gasteiger partial charge on any atom is -0.369 e. The van der Waals surface area contributed by atoms with Crippen LogP contribution in [0.2, 0.25) is 0 Å². The van der Waals surface area contributed by atoms with E-state index in [0.717, 1.165) is 5.56 Å². The first-order valence-corrected chi connectivity index (χ1v) is 7.11. The van der Waals surface area contributed by atoms with Crippen molar-refractivity contribution in [3.8, 4) is 0 Å². The summed E-state index contributed by atoms with van der Waals surface area (Å²) in [5.74, 6) is -0.951. The molecule has 122 valence electrons. The highest BCUT2D eigenvalue weighted by molar-refractivity contribution is 5.80. The molecule has 0 fully saturated rings. The SMILES string of the molecule is CN(CC(N)=O)CC(=O)N(Cc1cccc(F)c1)C(C)(C)C. The van der Waals surface area contributed by atoms with Gasteiger partial charge < -0.3 is 10.6 Å². The zero-order valence-corrected chi connectivity index (χ0v) is 13.6. The second-order valence-electron chi connectivity index (χ2n) is 6.42. The number of nitrogens with zero attached hydrogens (tertiary/aromatic N) is 2. The van der Waals surface area contributed by atoms with E-state index in [-0.39, 0.29) is 24.8 Å². The molecular formula is C16H24FN3O2. The Labute approximate surface area is 130 Å². The maximum absolute atomic E-state index is 13.3. The Morgan fingerprint density at radius 1 is 1.23 bits per heavy atom. The smallest absolute Gasteiger partial charge is 0.237 e. The molecule has 1 rings (SSSR count). The first-order chi connectivity index (χ1) is 10.1. The predicted octanol–water partition coefficient (Wildman–Crippen LogP) is 1.37. The van der Waals surface area contributed by atoms with Crippen LogP contribution in [-0.2, 0) is 16.1 Å². The summed E-state index contributed by atoms with van der Waals surface area (Å²) in [4.78, 5) is 26.6. The van der Waals surface area contributed by atoms with Gasteiger partial charge in [-0.05, 0) is 45.5 Å². The number of amides is 2. The van der Waals surface area contributed by atoms with Crippen molar-refractivity contribution in [1.29, 1.82) is 0 Å². The van der Waals surface area contributed by atoms with Gasteiger partial charge in [0.05, 0.1) is 13.1 Å². The van der Waals surface area contributed by atoms with Gasteiger partial charge in [0.25, 0.3) is 0 Å². The Hall–Kier alpha value is -1.95. The summed E-state index contributed by atoms with van der Waals surface area (Å²) in [5, 5.41) is 0. The highest BCUT2D eigenvalue weighted by Gasteiger charge is 2.27. The number of carbonyl (C=O) groups is 2. The monoisotopic (exact) mass is 309 g/mol. The highest BCUT2D eigenvalue weighted by atomic mass is 19.1. The van der Waals surface area contributed by atoms with Gasteiger partial charge in [-0.1, -0.05) is 12.1 Å². The first-order valence-electron chi connectivity index (χ1n) is 7.11. The molecule has 0 unspecified atom stereocenters. The Balaban J connectivity index is 2.85. The molecule has 22 heavy (non-hydrogen) atoms. The van der Waals surface area contributed by atoms with Crippen molar-refractivity contribution in [2.45, 2.75) is 32.9 Å². The topological polar surface area (TPSA) is 66.6 Å². The Bertz CT molecular complexity index is 540. The molecule has 0 saturated carbocycles. The van der Waals surface area contributed by atoms with Crippen molar-refractivity contribution in [3.05, 3.63) is 35.6 Å². The van der Waals surface area contributed by atoms with Crippen LogP contribution in [0.5, 0.6) is 0 Å². The fraction of sp³-hybridized carbons (Fsp3) is 0.500. The molecule has 0 aromatic heterocycles. The molecule has 0 radical (unpaired) electrons. The van der Waals surface area contributed by atoms with Crippen molar-refractivity contribution < 1.29 is 14.0 Å². The van der Waals surface area contributed by atoms with E-state index in [9.17, 15) is 14.0 Å². The molecule has 0 aliphatic rings. The molecular weight excluding hydrogens is 285 g/mol. The van der Waals surface area contributed by atoms with Crippen LogP contribution in [0.15, 0.2) is 24.3 Å². The van der Waals surface area contributed by atoms with Gasteiger partial charge in [0.15, 0.2) is 0 Å². The third-order valence-electron chi connectivity index (χ3n) is 3.17. The van der Waals surface area contributed by atoms with Crippen LogP contribution >= 0.6 is 0 Å². The minimum atomic E-state index is -0.484. The van der Waals surface area contributed by atoms with Crippen LogP contribution in [0.4, 0.5) is 4.39 Å². The van der Waals surface area contributed by atoms with E-state index in [1.807, 2.05) is 20.8 Å². The first kappa shape index (κ1) is 18.1. The maximum Gasteiger partial charge on any atom is 0.237 e. The largest absolute Gasteiger partial charge is 0.369 e. The lowest BCUT2D eigenvalue weighted by Crippen LogP contribution is -2.49. The maximum atomic E-state index is 13.3. The second-order valence-corrected chi connectivity index (χ2v) is 6.42. The van der Waals surface area contributed by atoms with E-state index in [1.54, 1.807) is 29.0 Å². The molecule has 0 aliphatic heterocycles. The van der Waals surface area contributed by atoms with Crippen LogP contribution in [-0.4, -0.2) is 47.3 Å². The molecule has 0 saturated heterocycles. The lowest BCUT2D eigenvalue weighted by Gasteiger charge is -2.37. The molecule has 2 amide bonds. The summed E-state index contributed by atoms with van der Waals surface area (Å²) < 4.78 is 13.3. The zero-order chi connectivity index (χ0) is 16.9. The molecule has 1 aromatic rings. The third kappa shape index (κ3) is 5.81. The standard InChI is InChI=1S/C16H24FN3O2/c1-16(2,3)20(9-12-6-5-7-13(17)8-12)15(22)11-19(4)10-14(18)21/h5-8H,9-11H2,1-4H3,(H2,18,21). The van der Waals surface area contributed by atoms with Crippen molar-refractivity contribution in [1.82, 2.24) is 9.80 Å². The molecule has 0 spiro atoms. The molecule has 0 heterocycles. The number of halogens is 1. The zero-order valence-electron chi connectivity index (χ0n) is 13.6. The van der Waals surface area contributed by atoms with Crippen LogP contribution in [0.1, 0.15) is 26.3 Å². The number of hydrogen-bond donors (Lipinski definition) is 1. The van der Waals surface area contributed by atoms with Gasteiger partial charge in [-0.2, -0.15) is 0 Å². The highest BCUT2D eigenvalue weighted by Crippen LogP contribution is 2.18. The van der Waals surface area contributed by atoms with Gasteiger partial charge in [-0.25, -0.2) is 4.39 Å². The van der Waals surface area contributed by atoms with Gasteiger partial charge in [-0.3, -0.25) is 14.5 Å². The van der Waals surface area contributed by atoms with E-state index >= 15 is 0 Å². The molecule has 0 aliphatic carbocycles. The van der Waals surface area contributed by atoms with Gasteiger partial charge >= 0.3 is 0 Å². The molecule has 5 nitrogen and oxygen atoms in total. The predicted molar refractivity (Wildman–Crippen MR) is 83.4 cm³/mol. The van der Waals surface area contributed by atoms with Gasteiger partial charge in [-0.15, -0.1) is 0 Å². The van der Waals surface area contributed by atoms with Crippen molar-refractivity contribution in [3.63, 3.8) is 0 Å². The van der Waals surface area contributed by atoms with Gasteiger partial charge in [0.1, 0.15) is 5.82 Å². The number of primary amides is 1. The second kappa shape index (κ2) is 7.35.